The number of guanidine groups is 1. The molecular weight excluding hydrogens is 505 g/mol. The van der Waals surface area contributed by atoms with Gasteiger partial charge < -0.3 is 25.3 Å². The summed E-state index contributed by atoms with van der Waals surface area (Å²) in [5.41, 5.74) is 1.12. The lowest BCUT2D eigenvalue weighted by molar-refractivity contribution is -0.119. The van der Waals surface area contributed by atoms with Crippen LogP contribution in [-0.4, -0.2) is 44.1 Å². The minimum absolute atomic E-state index is 0. The lowest BCUT2D eigenvalue weighted by atomic mass is 10.3. The van der Waals surface area contributed by atoms with Gasteiger partial charge in [-0.15, -0.1) is 24.0 Å². The summed E-state index contributed by atoms with van der Waals surface area (Å²) >= 11 is 6.10. The summed E-state index contributed by atoms with van der Waals surface area (Å²) in [5.74, 6) is 1.21. The summed E-state index contributed by atoms with van der Waals surface area (Å²) in [4.78, 5) is 18.7. The molecule has 3 rings (SSSR count). The lowest BCUT2D eigenvalue weighted by Crippen LogP contribution is -2.45. The number of carbonyl (C=O) groups is 1. The van der Waals surface area contributed by atoms with Crippen LogP contribution in [0.2, 0.25) is 5.02 Å². The average molecular weight is 532 g/mol. The Balaban J connectivity index is 0.00000300. The van der Waals surface area contributed by atoms with Gasteiger partial charge in [0.15, 0.2) is 5.96 Å². The van der Waals surface area contributed by atoms with Gasteiger partial charge in [-0.3, -0.25) is 4.79 Å². The maximum absolute atomic E-state index is 12.0. The molecule has 7 nitrogen and oxygen atoms in total. The van der Waals surface area contributed by atoms with Gasteiger partial charge in [0.25, 0.3) is 0 Å². The Kier molecular flexibility index (Phi) is 9.59. The molecule has 1 saturated heterocycles. The molecule has 1 aromatic carbocycles. The summed E-state index contributed by atoms with van der Waals surface area (Å²) in [7, 11) is 0. The molecular formula is C20H27ClIN5O2. The first-order valence-corrected chi connectivity index (χ1v) is 9.86. The maximum Gasteiger partial charge on any atom is 0.242 e. The normalized spacial score (nSPS) is 16.3. The Hall–Kier alpha value is -1.94. The number of carbonyl (C=O) groups excluding carboxylic acids is 1. The van der Waals surface area contributed by atoms with Crippen molar-refractivity contribution in [1.29, 1.82) is 0 Å². The Bertz CT molecular complexity index is 800. The number of anilines is 1. The highest BCUT2D eigenvalue weighted by atomic mass is 127. The summed E-state index contributed by atoms with van der Waals surface area (Å²) in [5, 5.41) is 10.2. The van der Waals surface area contributed by atoms with E-state index in [0.29, 0.717) is 12.5 Å². The van der Waals surface area contributed by atoms with Crippen LogP contribution in [0.3, 0.4) is 0 Å². The third-order valence-corrected chi connectivity index (χ3v) is 4.70. The predicted octanol–water partition coefficient (Wildman–Crippen LogP) is 3.00. The standard InChI is InChI=1S/C20H26ClN5O2.HI/c1-2-22-20(24-13-19(27)23-12-18-7-4-10-28-18)25-16-8-9-26(14-16)17-6-3-5-15(21)11-17;/h3-7,10-11,16H,2,8-9,12-14H2,1H3,(H,23,27)(H2,22,24,25);1H. The van der Waals surface area contributed by atoms with Crippen LogP contribution in [0.5, 0.6) is 0 Å². The number of benzene rings is 1. The van der Waals surface area contributed by atoms with Crippen molar-refractivity contribution in [3.63, 3.8) is 0 Å². The van der Waals surface area contributed by atoms with Gasteiger partial charge in [0, 0.05) is 36.4 Å². The highest BCUT2D eigenvalue weighted by Crippen LogP contribution is 2.23. The molecule has 1 atom stereocenters. The van der Waals surface area contributed by atoms with Crippen LogP contribution in [0.25, 0.3) is 0 Å². The third kappa shape index (κ3) is 7.43. The minimum Gasteiger partial charge on any atom is -0.467 e. The van der Waals surface area contributed by atoms with Crippen molar-refractivity contribution < 1.29 is 9.21 Å². The summed E-state index contributed by atoms with van der Waals surface area (Å²) in [6, 6.07) is 11.8. The van der Waals surface area contributed by atoms with Crippen LogP contribution in [0.4, 0.5) is 5.69 Å². The Morgan fingerprint density at radius 1 is 1.31 bits per heavy atom. The molecule has 1 fully saturated rings. The van der Waals surface area contributed by atoms with Gasteiger partial charge in [0.2, 0.25) is 5.91 Å². The van der Waals surface area contributed by atoms with Crippen LogP contribution in [0, 0.1) is 0 Å². The molecule has 0 aliphatic carbocycles. The van der Waals surface area contributed by atoms with Gasteiger partial charge in [0.05, 0.1) is 12.8 Å². The van der Waals surface area contributed by atoms with Crippen LogP contribution in [0.1, 0.15) is 19.1 Å². The fraction of sp³-hybridized carbons (Fsp3) is 0.400. The van der Waals surface area contributed by atoms with Crippen molar-refractivity contribution in [3.05, 3.63) is 53.4 Å². The van der Waals surface area contributed by atoms with Gasteiger partial charge >= 0.3 is 0 Å². The molecule has 0 radical (unpaired) electrons. The molecule has 1 amide bonds. The quantitative estimate of drug-likeness (QED) is 0.291. The number of aliphatic imine (C=N–C) groups is 1. The number of hydrogen-bond acceptors (Lipinski definition) is 4. The van der Waals surface area contributed by atoms with Crippen molar-refractivity contribution in [2.75, 3.05) is 31.1 Å². The molecule has 0 saturated carbocycles. The summed E-state index contributed by atoms with van der Waals surface area (Å²) in [6.45, 7) is 4.95. The number of hydrogen-bond donors (Lipinski definition) is 3. The van der Waals surface area contributed by atoms with E-state index in [9.17, 15) is 4.79 Å². The van der Waals surface area contributed by atoms with Gasteiger partial charge in [0.1, 0.15) is 12.3 Å². The average Bonchev–Trinajstić information content (AvgIpc) is 3.37. The van der Waals surface area contributed by atoms with E-state index in [1.54, 1.807) is 12.3 Å². The molecule has 0 bridgehead atoms. The van der Waals surface area contributed by atoms with Crippen LogP contribution in [-0.2, 0) is 11.3 Å². The smallest absolute Gasteiger partial charge is 0.242 e. The highest BCUT2D eigenvalue weighted by Gasteiger charge is 2.23. The zero-order valence-electron chi connectivity index (χ0n) is 16.4. The molecule has 3 N–H and O–H groups in total. The zero-order valence-corrected chi connectivity index (χ0v) is 19.4. The second-order valence-corrected chi connectivity index (χ2v) is 7.04. The van der Waals surface area contributed by atoms with Crippen LogP contribution < -0.4 is 20.9 Å². The molecule has 29 heavy (non-hydrogen) atoms. The monoisotopic (exact) mass is 531 g/mol. The second-order valence-electron chi connectivity index (χ2n) is 6.61. The molecule has 1 aromatic heterocycles. The second kappa shape index (κ2) is 11.9. The van der Waals surface area contributed by atoms with Gasteiger partial charge in [-0.05, 0) is 43.7 Å². The molecule has 1 unspecified atom stereocenters. The number of rotatable bonds is 7. The number of nitrogens with one attached hydrogen (secondary N) is 3. The molecule has 1 aliphatic rings. The van der Waals surface area contributed by atoms with E-state index < -0.39 is 0 Å². The first kappa shape index (κ1) is 23.3. The van der Waals surface area contributed by atoms with Gasteiger partial charge in [-0.2, -0.15) is 0 Å². The Labute approximate surface area is 193 Å². The van der Waals surface area contributed by atoms with Gasteiger partial charge in [-0.1, -0.05) is 17.7 Å². The van der Waals surface area contributed by atoms with Gasteiger partial charge in [-0.25, -0.2) is 4.99 Å². The number of furan rings is 1. The fourth-order valence-corrected chi connectivity index (χ4v) is 3.29. The van der Waals surface area contributed by atoms with E-state index >= 15 is 0 Å². The summed E-state index contributed by atoms with van der Waals surface area (Å²) in [6.07, 6.45) is 2.57. The fourth-order valence-electron chi connectivity index (χ4n) is 3.10. The van der Waals surface area contributed by atoms with Crippen molar-refractivity contribution >= 4 is 53.1 Å². The van der Waals surface area contributed by atoms with E-state index in [4.69, 9.17) is 16.0 Å². The summed E-state index contributed by atoms with van der Waals surface area (Å²) < 4.78 is 5.20. The molecule has 9 heteroatoms. The number of nitrogens with zero attached hydrogens (tertiary/aromatic N) is 2. The van der Waals surface area contributed by atoms with Crippen LogP contribution >= 0.6 is 35.6 Å². The van der Waals surface area contributed by atoms with Crippen molar-refractivity contribution in [3.8, 4) is 0 Å². The molecule has 158 valence electrons. The lowest BCUT2D eigenvalue weighted by Gasteiger charge is -2.20. The highest BCUT2D eigenvalue weighted by molar-refractivity contribution is 14.0. The van der Waals surface area contributed by atoms with Crippen molar-refractivity contribution in [2.45, 2.75) is 25.9 Å². The number of amides is 1. The van der Waals surface area contributed by atoms with E-state index in [2.05, 4.69) is 31.9 Å². The topological polar surface area (TPSA) is 81.9 Å². The Morgan fingerprint density at radius 2 is 2.17 bits per heavy atom. The third-order valence-electron chi connectivity index (χ3n) is 4.47. The Morgan fingerprint density at radius 3 is 2.90 bits per heavy atom. The number of halogens is 2. The first-order chi connectivity index (χ1) is 13.6. The van der Waals surface area contributed by atoms with E-state index in [1.165, 1.54) is 0 Å². The maximum atomic E-state index is 12.0. The molecule has 2 aromatic rings. The van der Waals surface area contributed by atoms with Crippen molar-refractivity contribution in [2.24, 2.45) is 4.99 Å². The minimum atomic E-state index is -0.152. The SMILES string of the molecule is CCNC(=NCC(=O)NCc1ccco1)NC1CCN(c2cccc(Cl)c2)C1.I. The molecule has 2 heterocycles. The van der Waals surface area contributed by atoms with Crippen LogP contribution in [0.15, 0.2) is 52.1 Å². The van der Waals surface area contributed by atoms with E-state index in [0.717, 1.165) is 42.5 Å². The first-order valence-electron chi connectivity index (χ1n) is 9.48. The molecule has 1 aliphatic heterocycles. The zero-order chi connectivity index (χ0) is 19.8. The van der Waals surface area contributed by atoms with E-state index in [-0.39, 0.29) is 42.5 Å². The predicted molar refractivity (Wildman–Crippen MR) is 127 cm³/mol. The largest absolute Gasteiger partial charge is 0.467 e. The van der Waals surface area contributed by atoms with E-state index in [1.807, 2.05) is 31.2 Å². The molecule has 0 spiro atoms. The van der Waals surface area contributed by atoms with Crippen molar-refractivity contribution in [1.82, 2.24) is 16.0 Å².